The van der Waals surface area contributed by atoms with E-state index in [0.717, 1.165) is 64.1 Å². The number of amides is 7. The predicted molar refractivity (Wildman–Crippen MR) is 276 cm³/mol. The normalized spacial score (nSPS) is 13.6. The molecule has 4 aromatic rings. The minimum atomic E-state index is -0.404. The van der Waals surface area contributed by atoms with Gasteiger partial charge in [-0.25, -0.2) is 0 Å². The largest absolute Gasteiger partial charge is 0.366 e. The van der Waals surface area contributed by atoms with Gasteiger partial charge in [0.1, 0.15) is 11.2 Å². The summed E-state index contributed by atoms with van der Waals surface area (Å²) in [5.74, 6) is -0.154. The molecular weight excluding hydrogens is 911 g/mol. The summed E-state index contributed by atoms with van der Waals surface area (Å²) in [5.41, 5.74) is 7.76. The Balaban J connectivity index is 0.00000222. The van der Waals surface area contributed by atoms with E-state index >= 15 is 0 Å². The number of hydrogen-bond acceptors (Lipinski definition) is 10. The number of rotatable bonds is 23. The summed E-state index contributed by atoms with van der Waals surface area (Å²) >= 11 is 1.61. The predicted octanol–water partition coefficient (Wildman–Crippen LogP) is 5.65. The van der Waals surface area contributed by atoms with Crippen LogP contribution in [0, 0.1) is 5.92 Å². The van der Waals surface area contributed by atoms with Crippen molar-refractivity contribution in [2.24, 2.45) is 13.0 Å². The second-order valence-corrected chi connectivity index (χ2v) is 18.4. The van der Waals surface area contributed by atoms with E-state index in [1.54, 1.807) is 23.7 Å². The quantitative estimate of drug-likeness (QED) is 0.0455. The molecule has 2 aromatic carbocycles. The minimum Gasteiger partial charge on any atom is -0.366 e. The molecule has 1 saturated carbocycles. The molecule has 1 unspecified atom stereocenters. The zero-order valence-corrected chi connectivity index (χ0v) is 42.9. The molecule has 18 heteroatoms. The molecule has 1 aliphatic carbocycles. The van der Waals surface area contributed by atoms with Crippen molar-refractivity contribution in [1.29, 1.82) is 0 Å². The van der Waals surface area contributed by atoms with Gasteiger partial charge in [0.15, 0.2) is 0 Å². The first kappa shape index (κ1) is 54.5. The number of anilines is 1. The van der Waals surface area contributed by atoms with Gasteiger partial charge in [-0.05, 0) is 92.5 Å². The van der Waals surface area contributed by atoms with Crippen LogP contribution in [-0.2, 0) is 51.5 Å². The van der Waals surface area contributed by atoms with Gasteiger partial charge < -0.3 is 40.6 Å². The Morgan fingerprint density at radius 3 is 2.30 bits per heavy atom. The Hall–Kier alpha value is -6.43. The van der Waals surface area contributed by atoms with Crippen LogP contribution in [0.3, 0.4) is 0 Å². The number of carbonyl (C=O) groups excluding carboxylic acids is 7. The molecule has 17 nitrogen and oxygen atoms in total. The van der Waals surface area contributed by atoms with Crippen LogP contribution >= 0.6 is 11.8 Å². The molecule has 4 heterocycles. The summed E-state index contributed by atoms with van der Waals surface area (Å²) in [6.07, 6.45) is 9.95. The molecule has 5 N–H and O–H groups in total. The van der Waals surface area contributed by atoms with Gasteiger partial charge in [-0.2, -0.15) is 11.8 Å². The number of carbonyl (C=O) groups is 7. The van der Waals surface area contributed by atoms with Crippen LogP contribution in [0.4, 0.5) is 5.69 Å². The van der Waals surface area contributed by atoms with E-state index in [4.69, 9.17) is 0 Å². The van der Waals surface area contributed by atoms with Gasteiger partial charge >= 0.3 is 0 Å². The van der Waals surface area contributed by atoms with Crippen LogP contribution in [0.15, 0.2) is 41.3 Å². The van der Waals surface area contributed by atoms with Gasteiger partial charge in [0.2, 0.25) is 24.6 Å². The van der Waals surface area contributed by atoms with E-state index in [2.05, 4.69) is 37.2 Å². The lowest BCUT2D eigenvalue weighted by Gasteiger charge is -2.27. The lowest BCUT2D eigenvalue weighted by Crippen LogP contribution is -2.36. The van der Waals surface area contributed by atoms with Crippen molar-refractivity contribution in [3.8, 4) is 11.1 Å². The summed E-state index contributed by atoms with van der Waals surface area (Å²) in [6, 6.07) is 9.66. The van der Waals surface area contributed by atoms with Gasteiger partial charge in [-0.1, -0.05) is 39.8 Å². The molecule has 2 aromatic heterocycles. The van der Waals surface area contributed by atoms with E-state index in [-0.39, 0.29) is 73.4 Å². The number of benzene rings is 2. The van der Waals surface area contributed by atoms with Crippen molar-refractivity contribution in [1.82, 2.24) is 40.6 Å². The smallest absolute Gasteiger partial charge is 0.274 e. The highest BCUT2D eigenvalue weighted by atomic mass is 32.2. The fourth-order valence-electron chi connectivity index (χ4n) is 8.96. The average Bonchev–Trinajstić information content (AvgIpc) is 4.04. The summed E-state index contributed by atoms with van der Waals surface area (Å²) in [4.78, 5) is 109. The van der Waals surface area contributed by atoms with Crippen LogP contribution in [0.25, 0.3) is 22.0 Å². The maximum Gasteiger partial charge on any atom is 0.274 e. The molecule has 1 fully saturated rings. The fourth-order valence-corrected chi connectivity index (χ4v) is 9.51. The molecule has 2 aliphatic heterocycles. The number of nitrogens with zero attached hydrogens (tertiary/aromatic N) is 4. The number of pyridine rings is 1. The third-order valence-corrected chi connectivity index (χ3v) is 13.4. The van der Waals surface area contributed by atoms with Crippen molar-refractivity contribution >= 4 is 70.7 Å². The van der Waals surface area contributed by atoms with Gasteiger partial charge in [0.05, 0.1) is 0 Å². The number of unbranched alkanes of at least 4 members (excludes halogenated alkanes) is 1. The summed E-state index contributed by atoms with van der Waals surface area (Å²) < 4.78 is 1.52. The first-order valence-corrected chi connectivity index (χ1v) is 26.0. The Bertz CT molecular complexity index is 2600. The van der Waals surface area contributed by atoms with E-state index in [1.165, 1.54) is 11.6 Å². The number of thioether (sulfide) groups is 1. The minimum absolute atomic E-state index is 0.0578. The number of aromatic amines is 1. The van der Waals surface area contributed by atoms with Crippen molar-refractivity contribution in [3.05, 3.63) is 86.0 Å². The van der Waals surface area contributed by atoms with Crippen LogP contribution in [0.2, 0.25) is 0 Å². The standard InChI is InChI=1S/C48H59N9O8S.2C2H6/c1-29(11-14-41(61)55(3)28-59)57-25-36-31(9-7-10-33(36)47(57)64)8-5-6-16-51-45(62)34-21-39-35(20-32(34)26-66-4)37-23-54(2)48(65)44-42(37)38(24-56(39)22-30-12-13-30)43(53-44)46(63)52-19-18-50-40(60)15-17-49-27-58;2*1-2/h7,9-10,20-21,23,27-30,53H,5-6,8,11-19,22,24-26H2,1-4H3,(H,49,58)(H,50,60)(H,51,62)(H,52,63);2*1-2H3. The molecule has 70 heavy (non-hydrogen) atoms. The molecule has 7 amide bonds. The second-order valence-electron chi connectivity index (χ2n) is 17.5. The van der Waals surface area contributed by atoms with Crippen LogP contribution < -0.4 is 31.7 Å². The SMILES string of the molecule is CC.CC.CSCc1cc2c(cc1C(=O)NCCCCc1cccc3c1CN(C(C)CCC(=O)N(C)C=O)C3=O)N(CC1CC1)Cc1c(C(=O)NCCNC(=O)CCNC=O)[nH]c3c(=O)n(C)cc-2c13. The van der Waals surface area contributed by atoms with Crippen LogP contribution in [0.5, 0.6) is 0 Å². The molecule has 0 spiro atoms. The maximum atomic E-state index is 14.2. The molecule has 0 bridgehead atoms. The Morgan fingerprint density at radius 2 is 1.60 bits per heavy atom. The zero-order valence-electron chi connectivity index (χ0n) is 42.1. The molecule has 378 valence electrons. The Labute approximate surface area is 415 Å². The van der Waals surface area contributed by atoms with E-state index in [1.807, 2.05) is 71.3 Å². The van der Waals surface area contributed by atoms with E-state index < -0.39 is 5.91 Å². The summed E-state index contributed by atoms with van der Waals surface area (Å²) in [5, 5.41) is 11.9. The number of fused-ring (bicyclic) bond motifs is 3. The summed E-state index contributed by atoms with van der Waals surface area (Å²) in [6.45, 7) is 12.4. The van der Waals surface area contributed by atoms with Crippen LogP contribution in [-0.4, -0.2) is 114 Å². The highest BCUT2D eigenvalue weighted by Crippen LogP contribution is 2.45. The number of H-pyrrole nitrogens is 1. The number of imide groups is 1. The van der Waals surface area contributed by atoms with Crippen molar-refractivity contribution in [3.63, 3.8) is 0 Å². The number of hydrogen-bond donors (Lipinski definition) is 5. The van der Waals surface area contributed by atoms with E-state index in [9.17, 15) is 38.4 Å². The van der Waals surface area contributed by atoms with Gasteiger partial charge in [0.25, 0.3) is 23.3 Å². The van der Waals surface area contributed by atoms with Crippen molar-refractivity contribution in [2.45, 2.75) is 111 Å². The molecule has 7 rings (SSSR count). The summed E-state index contributed by atoms with van der Waals surface area (Å²) in [7, 11) is 3.12. The molecule has 0 saturated heterocycles. The zero-order chi connectivity index (χ0) is 51.1. The molecule has 3 aliphatic rings. The maximum absolute atomic E-state index is 14.2. The van der Waals surface area contributed by atoms with Crippen molar-refractivity contribution in [2.75, 3.05) is 50.9 Å². The average molecular weight is 982 g/mol. The first-order chi connectivity index (χ1) is 33.8. The first-order valence-electron chi connectivity index (χ1n) is 24.6. The van der Waals surface area contributed by atoms with Crippen LogP contribution in [0.1, 0.15) is 133 Å². The lowest BCUT2D eigenvalue weighted by molar-refractivity contribution is -0.136. The fraction of sp³-hybridized carbons (Fsp3) is 0.500. The third kappa shape index (κ3) is 12.9. The second kappa shape index (κ2) is 26.0. The number of aryl methyl sites for hydroxylation is 2. The lowest BCUT2D eigenvalue weighted by atomic mass is 9.95. The third-order valence-electron chi connectivity index (χ3n) is 12.8. The Morgan fingerprint density at radius 1 is 0.871 bits per heavy atom. The molecule has 0 radical (unpaired) electrons. The van der Waals surface area contributed by atoms with Crippen molar-refractivity contribution < 1.29 is 33.6 Å². The molecule has 1 atom stereocenters. The van der Waals surface area contributed by atoms with Gasteiger partial charge in [-0.15, -0.1) is 0 Å². The van der Waals surface area contributed by atoms with E-state index in [0.29, 0.717) is 91.1 Å². The number of aromatic nitrogens is 2. The highest BCUT2D eigenvalue weighted by Gasteiger charge is 2.35. The Kier molecular flexibility index (Phi) is 20.2. The van der Waals surface area contributed by atoms with Gasteiger partial charge in [-0.3, -0.25) is 43.3 Å². The molecular formula is C52H71N9O8S. The highest BCUT2D eigenvalue weighted by molar-refractivity contribution is 7.97. The van der Waals surface area contributed by atoms with Gasteiger partial charge in [0, 0.05) is 130 Å². The monoisotopic (exact) mass is 982 g/mol. The topological polar surface area (TPSA) is 215 Å². The number of nitrogens with one attached hydrogen (secondary N) is 5.